The quantitative estimate of drug-likeness (QED) is 0.890. The topological polar surface area (TPSA) is 52.8 Å². The van der Waals surface area contributed by atoms with Gasteiger partial charge in [-0.05, 0) is 44.9 Å². The van der Waals surface area contributed by atoms with Crippen LogP contribution in [-0.4, -0.2) is 33.3 Å². The summed E-state index contributed by atoms with van der Waals surface area (Å²) in [5.74, 6) is 0.322. The number of rotatable bonds is 4. The highest BCUT2D eigenvalue weighted by Crippen LogP contribution is 2.46. The second kappa shape index (κ2) is 6.41. The van der Waals surface area contributed by atoms with Crippen LogP contribution < -0.4 is 0 Å². The number of phenols is 1. The van der Waals surface area contributed by atoms with Gasteiger partial charge in [0.15, 0.2) is 0 Å². The Hall–Kier alpha value is -1.00. The van der Waals surface area contributed by atoms with Crippen LogP contribution in [0.2, 0.25) is 0 Å². The fraction of sp³-hybridized carbons (Fsp3) is 0.588. The van der Waals surface area contributed by atoms with Gasteiger partial charge >= 0.3 is 0 Å². The van der Waals surface area contributed by atoms with Gasteiger partial charge < -0.3 is 10.2 Å². The van der Waals surface area contributed by atoms with Crippen molar-refractivity contribution in [1.82, 2.24) is 0 Å². The van der Waals surface area contributed by atoms with Gasteiger partial charge in [-0.25, -0.2) is 0 Å². The minimum absolute atomic E-state index is 0.0573. The van der Waals surface area contributed by atoms with Crippen LogP contribution in [-0.2, 0) is 6.42 Å². The number of hydrogen-bond donors (Lipinski definition) is 2. The van der Waals surface area contributed by atoms with Gasteiger partial charge in [0.1, 0.15) is 5.75 Å². The van der Waals surface area contributed by atoms with E-state index in [-0.39, 0.29) is 4.75 Å². The van der Waals surface area contributed by atoms with E-state index in [0.29, 0.717) is 12.3 Å². The van der Waals surface area contributed by atoms with E-state index in [1.807, 2.05) is 6.07 Å². The molecule has 0 radical (unpaired) electrons. The van der Waals surface area contributed by atoms with E-state index >= 15 is 0 Å². The van der Waals surface area contributed by atoms with Gasteiger partial charge in [-0.1, -0.05) is 13.3 Å². The summed E-state index contributed by atoms with van der Waals surface area (Å²) < 4.78 is 0.0573. The highest BCUT2D eigenvalue weighted by Gasteiger charge is 2.32. The highest BCUT2D eigenvalue weighted by atomic mass is 32.2. The second-order valence-corrected chi connectivity index (χ2v) is 8.16. The Morgan fingerprint density at radius 1 is 1.38 bits per heavy atom. The minimum Gasteiger partial charge on any atom is -0.507 e. The number of nitrogens with zero attached hydrogens (tertiary/aromatic N) is 1. The van der Waals surface area contributed by atoms with Gasteiger partial charge in [0.05, 0.1) is 18.2 Å². The SMILES string of the molecule is CCCc1cc(O)c2c(c1)SC(C)(C)CC2=NCC(C)O. The van der Waals surface area contributed by atoms with Crippen molar-refractivity contribution in [2.24, 2.45) is 4.99 Å². The average Bonchev–Trinajstić information content (AvgIpc) is 2.34. The second-order valence-electron chi connectivity index (χ2n) is 6.41. The number of fused-ring (bicyclic) bond motifs is 1. The first-order valence-corrected chi connectivity index (χ1v) is 8.40. The lowest BCUT2D eigenvalue weighted by Gasteiger charge is -2.32. The predicted octanol–water partition coefficient (Wildman–Crippen LogP) is 3.79. The van der Waals surface area contributed by atoms with Crippen LogP contribution in [0.15, 0.2) is 22.0 Å². The molecule has 0 bridgehead atoms. The Morgan fingerprint density at radius 3 is 2.71 bits per heavy atom. The van der Waals surface area contributed by atoms with E-state index < -0.39 is 6.10 Å². The maximum Gasteiger partial charge on any atom is 0.126 e. The smallest absolute Gasteiger partial charge is 0.126 e. The molecule has 3 nitrogen and oxygen atoms in total. The van der Waals surface area contributed by atoms with Crippen LogP contribution in [0, 0.1) is 0 Å². The number of thioether (sulfide) groups is 1. The molecule has 0 spiro atoms. The van der Waals surface area contributed by atoms with Gasteiger partial charge in [-0.15, -0.1) is 11.8 Å². The lowest BCUT2D eigenvalue weighted by molar-refractivity contribution is 0.204. The Bertz CT molecular complexity index is 550. The van der Waals surface area contributed by atoms with E-state index in [2.05, 4.69) is 31.8 Å². The molecule has 4 heteroatoms. The van der Waals surface area contributed by atoms with Crippen LogP contribution >= 0.6 is 11.8 Å². The summed E-state index contributed by atoms with van der Waals surface area (Å²) in [6.07, 6.45) is 2.38. The number of aliphatic imine (C=N–C) groups is 1. The number of aromatic hydroxyl groups is 1. The first-order chi connectivity index (χ1) is 9.82. The van der Waals surface area contributed by atoms with Gasteiger partial charge in [-0.2, -0.15) is 0 Å². The molecule has 1 aliphatic rings. The summed E-state index contributed by atoms with van der Waals surface area (Å²) in [6.45, 7) is 8.65. The van der Waals surface area contributed by atoms with Crippen LogP contribution in [0.25, 0.3) is 0 Å². The van der Waals surface area contributed by atoms with E-state index in [9.17, 15) is 10.2 Å². The Balaban J connectivity index is 2.47. The first-order valence-electron chi connectivity index (χ1n) is 7.59. The molecule has 0 saturated carbocycles. The average molecular weight is 307 g/mol. The molecule has 116 valence electrons. The maximum atomic E-state index is 10.4. The van der Waals surface area contributed by atoms with Crippen LogP contribution in [0.1, 0.15) is 51.7 Å². The van der Waals surface area contributed by atoms with E-state index in [0.717, 1.165) is 35.4 Å². The van der Waals surface area contributed by atoms with Crippen molar-refractivity contribution < 1.29 is 10.2 Å². The van der Waals surface area contributed by atoms with Gasteiger partial charge in [0, 0.05) is 21.8 Å². The largest absolute Gasteiger partial charge is 0.507 e. The fourth-order valence-corrected chi connectivity index (χ4v) is 4.00. The fourth-order valence-electron chi connectivity index (χ4n) is 2.66. The van der Waals surface area contributed by atoms with Crippen molar-refractivity contribution in [1.29, 1.82) is 0 Å². The maximum absolute atomic E-state index is 10.4. The van der Waals surface area contributed by atoms with Crippen molar-refractivity contribution in [3.05, 3.63) is 23.3 Å². The summed E-state index contributed by atoms with van der Waals surface area (Å²) in [5, 5.41) is 19.9. The van der Waals surface area contributed by atoms with Gasteiger partial charge in [0.2, 0.25) is 0 Å². The molecule has 0 saturated heterocycles. The third-order valence-corrected chi connectivity index (χ3v) is 4.73. The summed E-state index contributed by atoms with van der Waals surface area (Å²) in [4.78, 5) is 5.66. The van der Waals surface area contributed by atoms with Crippen LogP contribution in [0.3, 0.4) is 0 Å². The summed E-state index contributed by atoms with van der Waals surface area (Å²) in [5.41, 5.74) is 2.95. The minimum atomic E-state index is -0.458. The number of aliphatic hydroxyl groups is 1. The van der Waals surface area contributed by atoms with Crippen molar-refractivity contribution in [3.63, 3.8) is 0 Å². The zero-order valence-corrected chi connectivity index (χ0v) is 14.1. The molecule has 1 atom stereocenters. The lowest BCUT2D eigenvalue weighted by Crippen LogP contribution is -2.27. The predicted molar refractivity (Wildman–Crippen MR) is 89.7 cm³/mol. The Kier molecular flexibility index (Phi) is 4.99. The zero-order chi connectivity index (χ0) is 15.6. The van der Waals surface area contributed by atoms with Crippen molar-refractivity contribution in [2.45, 2.75) is 62.7 Å². The molecule has 1 unspecified atom stereocenters. The van der Waals surface area contributed by atoms with E-state index in [4.69, 9.17) is 0 Å². The van der Waals surface area contributed by atoms with Crippen molar-refractivity contribution in [2.75, 3.05) is 6.54 Å². The van der Waals surface area contributed by atoms with Crippen molar-refractivity contribution >= 4 is 17.5 Å². The standard InChI is InChI=1S/C17H25NO2S/c1-5-6-12-7-14(20)16-13(18-10-11(2)19)9-17(3,4)21-15(16)8-12/h7-8,11,19-20H,5-6,9-10H2,1-4H3. The molecule has 1 heterocycles. The molecule has 0 aromatic heterocycles. The molecular formula is C17H25NO2S. The number of aliphatic hydroxyl groups excluding tert-OH is 1. The number of phenolic OH excluding ortho intramolecular Hbond substituents is 1. The molecule has 2 N–H and O–H groups in total. The molecular weight excluding hydrogens is 282 g/mol. The number of hydrogen-bond acceptors (Lipinski definition) is 4. The molecule has 1 aromatic rings. The summed E-state index contributed by atoms with van der Waals surface area (Å²) >= 11 is 1.80. The lowest BCUT2D eigenvalue weighted by atomic mass is 9.95. The molecule has 21 heavy (non-hydrogen) atoms. The normalized spacial score (nSPS) is 20.3. The van der Waals surface area contributed by atoms with Gasteiger partial charge in [-0.3, -0.25) is 4.99 Å². The van der Waals surface area contributed by atoms with Gasteiger partial charge in [0.25, 0.3) is 0 Å². The third-order valence-electron chi connectivity index (χ3n) is 3.49. The number of benzene rings is 1. The molecule has 0 aliphatic carbocycles. The molecule has 1 aromatic carbocycles. The van der Waals surface area contributed by atoms with E-state index in [1.165, 1.54) is 5.56 Å². The monoisotopic (exact) mass is 307 g/mol. The van der Waals surface area contributed by atoms with E-state index in [1.54, 1.807) is 18.7 Å². The van der Waals surface area contributed by atoms with Crippen LogP contribution in [0.5, 0.6) is 5.75 Å². The summed E-state index contributed by atoms with van der Waals surface area (Å²) in [7, 11) is 0. The molecule has 1 aliphatic heterocycles. The molecule has 0 fully saturated rings. The third kappa shape index (κ3) is 4.01. The molecule has 0 amide bonds. The Labute approximate surface area is 131 Å². The molecule has 2 rings (SSSR count). The number of aryl methyl sites for hydroxylation is 1. The highest BCUT2D eigenvalue weighted by molar-refractivity contribution is 8.00. The van der Waals surface area contributed by atoms with Crippen molar-refractivity contribution in [3.8, 4) is 5.75 Å². The Morgan fingerprint density at radius 2 is 2.10 bits per heavy atom. The van der Waals surface area contributed by atoms with Crippen LogP contribution in [0.4, 0.5) is 0 Å². The zero-order valence-electron chi connectivity index (χ0n) is 13.3. The first kappa shape index (κ1) is 16.4. The summed E-state index contributed by atoms with van der Waals surface area (Å²) in [6, 6.07) is 4.04.